The third-order valence-electron chi connectivity index (χ3n) is 7.96. The zero-order chi connectivity index (χ0) is 34.0. The molecule has 0 aliphatic heterocycles. The van der Waals surface area contributed by atoms with Crippen molar-refractivity contribution in [2.45, 2.75) is 128 Å². The van der Waals surface area contributed by atoms with Crippen molar-refractivity contribution in [3.05, 3.63) is 29.6 Å². The molecule has 2 aromatic rings. The lowest BCUT2D eigenvalue weighted by Crippen LogP contribution is -2.47. The number of imidazole rings is 1. The van der Waals surface area contributed by atoms with E-state index < -0.39 is 78.8 Å². The van der Waals surface area contributed by atoms with Crippen LogP contribution in [-0.4, -0.2) is 56.3 Å². The average molecular weight is 683 g/mol. The summed E-state index contributed by atoms with van der Waals surface area (Å²) in [6.07, 6.45) is -8.22. The van der Waals surface area contributed by atoms with Gasteiger partial charge in [-0.1, -0.05) is 32.6 Å². The highest BCUT2D eigenvalue weighted by Gasteiger charge is 2.50. The number of aliphatic hydroxyl groups is 1. The first-order chi connectivity index (χ1) is 20.5. The summed E-state index contributed by atoms with van der Waals surface area (Å²) in [6.45, 7) is 14.3. The Balaban J connectivity index is 2.07. The molecule has 8 nitrogen and oxygen atoms in total. The normalized spacial score (nSPS) is 21.4. The highest BCUT2D eigenvalue weighted by atomic mass is 32.2. The van der Waals surface area contributed by atoms with E-state index in [2.05, 4.69) is 29.7 Å². The number of nitrogens with zero attached hydrogens (tertiary/aromatic N) is 2. The molecule has 1 heterocycles. The molecule has 1 aromatic heterocycles. The number of nitrogens with one attached hydrogen (secondary N) is 2. The van der Waals surface area contributed by atoms with E-state index in [9.17, 15) is 36.1 Å². The Hall–Kier alpha value is -1.94. The minimum Gasteiger partial charge on any atom is -0.369 e. The van der Waals surface area contributed by atoms with Crippen LogP contribution in [-0.2, 0) is 27.2 Å². The molecule has 1 aromatic carbocycles. The minimum atomic E-state index is -4.51. The van der Waals surface area contributed by atoms with Crippen molar-refractivity contribution < 1.29 is 40.8 Å². The zero-order valence-electron chi connectivity index (χ0n) is 27.1. The quantitative estimate of drug-likeness (QED) is 0.0905. The summed E-state index contributed by atoms with van der Waals surface area (Å²) >= 11 is 0. The van der Waals surface area contributed by atoms with Crippen molar-refractivity contribution in [1.82, 2.24) is 19.6 Å². The van der Waals surface area contributed by atoms with E-state index in [1.54, 1.807) is 38.3 Å². The van der Waals surface area contributed by atoms with Crippen LogP contribution in [0.15, 0.2) is 18.2 Å². The van der Waals surface area contributed by atoms with Gasteiger partial charge in [-0.15, -0.1) is 0 Å². The van der Waals surface area contributed by atoms with Gasteiger partial charge in [0.25, 0.3) is 0 Å². The fraction of sp³-hybridized carbons (Fsp3) is 0.733. The van der Waals surface area contributed by atoms with Crippen LogP contribution in [0.4, 0.5) is 22.0 Å². The van der Waals surface area contributed by atoms with Gasteiger partial charge in [0.05, 0.1) is 39.2 Å². The molecule has 4 atom stereocenters. The molecular weight excluding hydrogens is 635 g/mol. The smallest absolute Gasteiger partial charge is 0.369 e. The van der Waals surface area contributed by atoms with Gasteiger partial charge in [-0.25, -0.2) is 22.7 Å². The first-order valence-electron chi connectivity index (χ1n) is 15.2. The number of hydrogen-bond donors (Lipinski definition) is 3. The third kappa shape index (κ3) is 10.8. The lowest BCUT2D eigenvalue weighted by molar-refractivity contribution is -0.145. The van der Waals surface area contributed by atoms with E-state index in [-0.39, 0.29) is 25.1 Å². The standard InChI is InChI=1S/C30H47F5N4O4SSi/c1-27(2,3)44(42)38-24(28(4)12-8-13-29(31,32)18-28)25-36-21-17-20(26(41)37-23(40)11-14-30(33,34)35)9-10-22(21)39(25)19-43-15-16-45(5,6)7/h9-10,17,24,26,38,41H,8,11-16,18-19H2,1-7H3,(H,37,40)/t24?,26-,28-,44?/m1/s1. The molecule has 1 aliphatic carbocycles. The molecule has 0 spiro atoms. The number of rotatable bonds is 13. The fourth-order valence-electron chi connectivity index (χ4n) is 5.34. The molecule has 3 N–H and O–H groups in total. The summed E-state index contributed by atoms with van der Waals surface area (Å²) in [4.78, 5) is 16.9. The number of amides is 1. The number of halogens is 5. The maximum atomic E-state index is 14.9. The van der Waals surface area contributed by atoms with E-state index in [1.165, 1.54) is 12.1 Å². The van der Waals surface area contributed by atoms with Crippen molar-refractivity contribution in [2.24, 2.45) is 5.41 Å². The number of carbonyl (C=O) groups excluding carboxylic acids is 1. The molecule has 0 bridgehead atoms. The lowest BCUT2D eigenvalue weighted by Gasteiger charge is -2.44. The molecule has 1 fully saturated rings. The average Bonchev–Trinajstić information content (AvgIpc) is 3.23. The van der Waals surface area contributed by atoms with Gasteiger partial charge in [-0.2, -0.15) is 13.2 Å². The van der Waals surface area contributed by atoms with Crippen molar-refractivity contribution in [1.29, 1.82) is 0 Å². The number of alkyl halides is 5. The van der Waals surface area contributed by atoms with Crippen LogP contribution in [0.1, 0.15) is 89.9 Å². The summed E-state index contributed by atoms with van der Waals surface area (Å²) in [5, 5.41) is 12.8. The van der Waals surface area contributed by atoms with Gasteiger partial charge in [0, 0.05) is 39.5 Å². The second kappa shape index (κ2) is 14.0. The Labute approximate surface area is 265 Å². The second-order valence-electron chi connectivity index (χ2n) is 14.6. The molecule has 0 radical (unpaired) electrons. The fourth-order valence-corrected chi connectivity index (χ4v) is 7.06. The monoisotopic (exact) mass is 682 g/mol. The van der Waals surface area contributed by atoms with E-state index in [0.29, 0.717) is 29.9 Å². The number of aliphatic hydroxyl groups excluding tert-OH is 1. The van der Waals surface area contributed by atoms with Gasteiger partial charge in [0.1, 0.15) is 12.6 Å². The van der Waals surface area contributed by atoms with E-state index >= 15 is 0 Å². The molecule has 1 aliphatic rings. The van der Waals surface area contributed by atoms with Crippen molar-refractivity contribution in [3.8, 4) is 0 Å². The van der Waals surface area contributed by atoms with Crippen LogP contribution in [0.25, 0.3) is 11.0 Å². The number of ether oxygens (including phenoxy) is 1. The largest absolute Gasteiger partial charge is 0.389 e. The number of fused-ring (bicyclic) bond motifs is 1. The molecule has 15 heteroatoms. The predicted octanol–water partition coefficient (Wildman–Crippen LogP) is 7.11. The van der Waals surface area contributed by atoms with Crippen LogP contribution < -0.4 is 10.0 Å². The summed E-state index contributed by atoms with van der Waals surface area (Å²) < 4.78 is 91.2. The maximum absolute atomic E-state index is 14.9. The Morgan fingerprint density at radius 1 is 1.20 bits per heavy atom. The van der Waals surface area contributed by atoms with Gasteiger partial charge in [-0.3, -0.25) is 4.79 Å². The van der Waals surface area contributed by atoms with E-state index in [4.69, 9.17) is 9.72 Å². The van der Waals surface area contributed by atoms with Gasteiger partial charge >= 0.3 is 6.18 Å². The molecule has 0 saturated heterocycles. The predicted molar refractivity (Wildman–Crippen MR) is 168 cm³/mol. The summed E-state index contributed by atoms with van der Waals surface area (Å²) in [6, 6.07) is 4.64. The van der Waals surface area contributed by atoms with Crippen LogP contribution >= 0.6 is 0 Å². The van der Waals surface area contributed by atoms with Crippen LogP contribution in [0, 0.1) is 5.41 Å². The molecule has 45 heavy (non-hydrogen) atoms. The summed E-state index contributed by atoms with van der Waals surface area (Å²) in [7, 11) is -3.07. The van der Waals surface area contributed by atoms with Gasteiger partial charge in [0.2, 0.25) is 11.8 Å². The maximum Gasteiger partial charge on any atom is 0.389 e. The van der Waals surface area contributed by atoms with Crippen molar-refractivity contribution >= 4 is 36.0 Å². The molecule has 1 amide bonds. The first kappa shape index (κ1) is 37.5. The molecular formula is C30H47F5N4O4SSi. The lowest BCUT2D eigenvalue weighted by atomic mass is 9.69. The van der Waals surface area contributed by atoms with E-state index in [1.807, 2.05) is 0 Å². The minimum absolute atomic E-state index is 0.0409. The topological polar surface area (TPSA) is 105 Å². The Bertz CT molecular complexity index is 1360. The van der Waals surface area contributed by atoms with Gasteiger partial charge < -0.3 is 19.7 Å². The second-order valence-corrected chi connectivity index (χ2v) is 22.2. The van der Waals surface area contributed by atoms with Crippen molar-refractivity contribution in [3.63, 3.8) is 0 Å². The van der Waals surface area contributed by atoms with Gasteiger partial charge in [0.15, 0.2) is 6.23 Å². The number of benzene rings is 1. The van der Waals surface area contributed by atoms with Gasteiger partial charge in [-0.05, 0) is 57.2 Å². The number of carbonyl (C=O) groups is 1. The van der Waals surface area contributed by atoms with Crippen molar-refractivity contribution in [2.75, 3.05) is 6.61 Å². The molecule has 2 unspecified atom stereocenters. The van der Waals surface area contributed by atoms with Crippen LogP contribution in [0.5, 0.6) is 0 Å². The molecule has 1 saturated carbocycles. The van der Waals surface area contributed by atoms with Crippen LogP contribution in [0.2, 0.25) is 25.7 Å². The Kier molecular flexibility index (Phi) is 11.7. The molecule has 256 valence electrons. The zero-order valence-corrected chi connectivity index (χ0v) is 28.9. The molecule has 3 rings (SSSR count). The third-order valence-corrected chi connectivity index (χ3v) is 11.2. The first-order valence-corrected chi connectivity index (χ1v) is 20.0. The highest BCUT2D eigenvalue weighted by Crippen LogP contribution is 2.51. The number of hydrogen-bond acceptors (Lipinski definition) is 5. The highest BCUT2D eigenvalue weighted by molar-refractivity contribution is 7.84. The number of aromatic nitrogens is 2. The summed E-state index contributed by atoms with van der Waals surface area (Å²) in [5.41, 5.74) is 0.0442. The summed E-state index contributed by atoms with van der Waals surface area (Å²) in [5.74, 6) is -3.54. The Morgan fingerprint density at radius 3 is 2.44 bits per heavy atom. The van der Waals surface area contributed by atoms with E-state index in [0.717, 1.165) is 6.04 Å². The SMILES string of the molecule is CC(C)(C)S(=O)NC(c1nc2cc([C@@H](O)NC(=O)CCC(F)(F)F)ccc2n1COCC[Si](C)(C)C)[C@]1(C)CCCC(F)(F)C1. The Morgan fingerprint density at radius 2 is 1.87 bits per heavy atom. The van der Waals surface area contributed by atoms with Crippen LogP contribution in [0.3, 0.4) is 0 Å².